The van der Waals surface area contributed by atoms with Crippen LogP contribution in [-0.2, 0) is 13.0 Å². The lowest BCUT2D eigenvalue weighted by atomic mass is 10.1. The average molecular weight is 253 g/mol. The highest BCUT2D eigenvalue weighted by Crippen LogP contribution is 2.17. The molecule has 0 radical (unpaired) electrons. The minimum Gasteiger partial charge on any atom is -0.266 e. The van der Waals surface area contributed by atoms with Crippen LogP contribution < -0.4 is 5.56 Å². The summed E-state index contributed by atoms with van der Waals surface area (Å²) in [6.07, 6.45) is 0.978. The van der Waals surface area contributed by atoms with E-state index in [9.17, 15) is 4.79 Å². The van der Waals surface area contributed by atoms with Crippen molar-refractivity contribution in [2.45, 2.75) is 26.8 Å². The van der Waals surface area contributed by atoms with E-state index >= 15 is 0 Å². The molecule has 0 fully saturated rings. The van der Waals surface area contributed by atoms with Crippen molar-refractivity contribution in [2.24, 2.45) is 0 Å². The molecule has 0 aliphatic rings. The molecule has 4 nitrogen and oxygen atoms in total. The van der Waals surface area contributed by atoms with E-state index in [1.54, 1.807) is 6.07 Å². The van der Waals surface area contributed by atoms with Crippen LogP contribution in [0.15, 0.2) is 35.1 Å². The Hall–Kier alpha value is -2.41. The molecule has 0 amide bonds. The van der Waals surface area contributed by atoms with E-state index in [0.717, 1.165) is 12.0 Å². The van der Waals surface area contributed by atoms with Gasteiger partial charge in [-0.05, 0) is 25.0 Å². The Morgan fingerprint density at radius 1 is 1.26 bits per heavy atom. The van der Waals surface area contributed by atoms with E-state index in [-0.39, 0.29) is 11.1 Å². The molecule has 1 aromatic carbocycles. The van der Waals surface area contributed by atoms with Gasteiger partial charge in [-0.1, -0.05) is 31.2 Å². The van der Waals surface area contributed by atoms with E-state index in [2.05, 4.69) is 12.0 Å². The first-order chi connectivity index (χ1) is 9.19. The van der Waals surface area contributed by atoms with Crippen molar-refractivity contribution in [1.82, 2.24) is 9.78 Å². The third kappa shape index (κ3) is 2.55. The van der Waals surface area contributed by atoms with E-state index in [0.29, 0.717) is 12.2 Å². The minimum atomic E-state index is -0.334. The van der Waals surface area contributed by atoms with Crippen LogP contribution in [0.5, 0.6) is 0 Å². The van der Waals surface area contributed by atoms with Crippen LogP contribution in [0.1, 0.15) is 25.0 Å². The number of aromatic nitrogens is 2. The Labute approximate surface area is 111 Å². The molecule has 0 aliphatic carbocycles. The Morgan fingerprint density at radius 3 is 2.47 bits per heavy atom. The summed E-state index contributed by atoms with van der Waals surface area (Å²) >= 11 is 0. The van der Waals surface area contributed by atoms with Crippen molar-refractivity contribution in [3.63, 3.8) is 0 Å². The summed E-state index contributed by atoms with van der Waals surface area (Å²) in [7, 11) is 0. The predicted octanol–water partition coefficient (Wildman–Crippen LogP) is 2.36. The largest absolute Gasteiger partial charge is 0.284 e. The second-order valence-electron chi connectivity index (χ2n) is 4.23. The smallest absolute Gasteiger partial charge is 0.266 e. The fourth-order valence-electron chi connectivity index (χ4n) is 1.89. The van der Waals surface area contributed by atoms with Crippen LogP contribution in [0.4, 0.5) is 0 Å². The number of aryl methyl sites for hydroxylation is 2. The summed E-state index contributed by atoms with van der Waals surface area (Å²) in [6, 6.07) is 11.5. The molecule has 2 rings (SSSR count). The topological polar surface area (TPSA) is 58.7 Å². The van der Waals surface area contributed by atoms with Crippen LogP contribution in [-0.4, -0.2) is 9.78 Å². The van der Waals surface area contributed by atoms with Crippen LogP contribution >= 0.6 is 0 Å². The van der Waals surface area contributed by atoms with Gasteiger partial charge in [0, 0.05) is 12.1 Å². The number of benzene rings is 1. The van der Waals surface area contributed by atoms with Crippen molar-refractivity contribution in [3.05, 3.63) is 51.8 Å². The zero-order chi connectivity index (χ0) is 13.8. The fourth-order valence-corrected chi connectivity index (χ4v) is 1.89. The number of nitriles is 1. The normalized spacial score (nSPS) is 10.2. The summed E-state index contributed by atoms with van der Waals surface area (Å²) in [5, 5.41) is 13.3. The van der Waals surface area contributed by atoms with Crippen molar-refractivity contribution in [2.75, 3.05) is 0 Å². The number of hydrogen-bond donors (Lipinski definition) is 0. The molecule has 0 aliphatic heterocycles. The monoisotopic (exact) mass is 253 g/mol. The molecule has 0 unspecified atom stereocenters. The third-order valence-corrected chi connectivity index (χ3v) is 3.05. The van der Waals surface area contributed by atoms with Crippen molar-refractivity contribution >= 4 is 0 Å². The molecule has 0 N–H and O–H groups in total. The second-order valence-corrected chi connectivity index (χ2v) is 4.23. The predicted molar refractivity (Wildman–Crippen MR) is 73.7 cm³/mol. The summed E-state index contributed by atoms with van der Waals surface area (Å²) in [4.78, 5) is 11.8. The van der Waals surface area contributed by atoms with Gasteiger partial charge in [-0.3, -0.25) is 4.79 Å². The van der Waals surface area contributed by atoms with E-state index in [1.165, 1.54) is 10.2 Å². The lowest BCUT2D eigenvalue weighted by Gasteiger charge is -2.06. The fraction of sp³-hybridized carbons (Fsp3) is 0.267. The van der Waals surface area contributed by atoms with Gasteiger partial charge in [-0.25, -0.2) is 4.68 Å². The third-order valence-electron chi connectivity index (χ3n) is 3.05. The summed E-state index contributed by atoms with van der Waals surface area (Å²) in [5.74, 6) is 0. The quantitative estimate of drug-likeness (QED) is 0.843. The zero-order valence-electron chi connectivity index (χ0n) is 11.1. The molecule has 0 saturated carbocycles. The number of rotatable bonds is 3. The van der Waals surface area contributed by atoms with Crippen LogP contribution in [0.3, 0.4) is 0 Å². The minimum absolute atomic E-state index is 0.131. The number of nitrogens with zero attached hydrogens (tertiary/aromatic N) is 3. The average Bonchev–Trinajstić information content (AvgIpc) is 2.47. The SMILES string of the molecule is CCc1ccc(-c2cc(C#N)c(=O)n(CC)n2)cc1. The van der Waals surface area contributed by atoms with Crippen molar-refractivity contribution < 1.29 is 0 Å². The molecule has 2 aromatic rings. The van der Waals surface area contributed by atoms with Crippen LogP contribution in [0, 0.1) is 11.3 Å². The Kier molecular flexibility index (Phi) is 3.76. The van der Waals surface area contributed by atoms with Crippen LogP contribution in [0.25, 0.3) is 11.3 Å². The zero-order valence-corrected chi connectivity index (χ0v) is 11.1. The summed E-state index contributed by atoms with van der Waals surface area (Å²) in [5.41, 5.74) is 2.61. The van der Waals surface area contributed by atoms with Gasteiger partial charge in [-0.15, -0.1) is 0 Å². The highest BCUT2D eigenvalue weighted by atomic mass is 16.1. The van der Waals surface area contributed by atoms with Crippen molar-refractivity contribution in [1.29, 1.82) is 5.26 Å². The first-order valence-corrected chi connectivity index (χ1v) is 6.31. The second kappa shape index (κ2) is 5.49. The summed E-state index contributed by atoms with van der Waals surface area (Å²) in [6.45, 7) is 4.38. The molecule has 0 bridgehead atoms. The molecular weight excluding hydrogens is 238 g/mol. The maximum Gasteiger partial charge on any atom is 0.284 e. The lowest BCUT2D eigenvalue weighted by Crippen LogP contribution is -2.24. The van der Waals surface area contributed by atoms with E-state index < -0.39 is 0 Å². The molecule has 4 heteroatoms. The first kappa shape index (κ1) is 13.0. The van der Waals surface area contributed by atoms with E-state index in [4.69, 9.17) is 5.26 Å². The highest BCUT2D eigenvalue weighted by molar-refractivity contribution is 5.60. The molecule has 0 atom stereocenters. The molecular formula is C15H15N3O. The van der Waals surface area contributed by atoms with Crippen LogP contribution in [0.2, 0.25) is 0 Å². The molecule has 96 valence electrons. The molecule has 0 spiro atoms. The van der Waals surface area contributed by atoms with Gasteiger partial charge in [0.2, 0.25) is 0 Å². The van der Waals surface area contributed by atoms with Gasteiger partial charge in [0.1, 0.15) is 11.6 Å². The highest BCUT2D eigenvalue weighted by Gasteiger charge is 2.08. The van der Waals surface area contributed by atoms with E-state index in [1.807, 2.05) is 37.3 Å². The molecule has 1 heterocycles. The lowest BCUT2D eigenvalue weighted by molar-refractivity contribution is 0.617. The Balaban J connectivity index is 2.55. The Morgan fingerprint density at radius 2 is 1.95 bits per heavy atom. The van der Waals surface area contributed by atoms with Gasteiger partial charge in [0.25, 0.3) is 5.56 Å². The first-order valence-electron chi connectivity index (χ1n) is 6.31. The molecule has 1 aromatic heterocycles. The van der Waals surface area contributed by atoms with Gasteiger partial charge < -0.3 is 0 Å². The standard InChI is InChI=1S/C15H15N3O/c1-3-11-5-7-12(8-6-11)14-9-13(10-16)15(19)18(4-2)17-14/h5-9H,3-4H2,1-2H3. The molecule has 19 heavy (non-hydrogen) atoms. The van der Waals surface area contributed by atoms with Crippen molar-refractivity contribution in [3.8, 4) is 17.3 Å². The van der Waals surface area contributed by atoms with Gasteiger partial charge in [0.15, 0.2) is 0 Å². The maximum absolute atomic E-state index is 11.8. The Bertz CT molecular complexity index is 678. The maximum atomic E-state index is 11.8. The molecule has 0 saturated heterocycles. The summed E-state index contributed by atoms with van der Waals surface area (Å²) < 4.78 is 1.32. The van der Waals surface area contributed by atoms with Gasteiger partial charge >= 0.3 is 0 Å². The van der Waals surface area contributed by atoms with Gasteiger partial charge in [-0.2, -0.15) is 10.4 Å². The number of hydrogen-bond acceptors (Lipinski definition) is 3. The van der Waals surface area contributed by atoms with Gasteiger partial charge in [0.05, 0.1) is 5.69 Å².